The predicted molar refractivity (Wildman–Crippen MR) is 74.4 cm³/mol. The summed E-state index contributed by atoms with van der Waals surface area (Å²) in [6.45, 7) is 9.25. The first-order chi connectivity index (χ1) is 7.62. The molecule has 0 bridgehead atoms. The van der Waals surface area contributed by atoms with Gasteiger partial charge in [0, 0.05) is 5.02 Å². The van der Waals surface area contributed by atoms with Crippen LogP contribution in [-0.2, 0) is 4.65 Å². The van der Waals surface area contributed by atoms with Crippen LogP contribution >= 0.6 is 11.6 Å². The molecule has 0 aliphatic carbocycles. The van der Waals surface area contributed by atoms with Gasteiger partial charge in [0.05, 0.1) is 11.2 Å². The Bertz CT molecular complexity index is 377. The maximum absolute atomic E-state index is 9.98. The van der Waals surface area contributed by atoms with Crippen LogP contribution in [0, 0.1) is 6.92 Å². The predicted octanol–water partition coefficient (Wildman–Crippen LogP) is 2.19. The maximum Gasteiger partial charge on any atom is 0.309 e. The number of hydrogen-bond acceptors (Lipinski definition) is 2. The molecule has 1 aromatic rings. The number of aryl methyl sites for hydroxylation is 1. The molecule has 94 valence electrons. The zero-order valence-electron chi connectivity index (χ0n) is 11.2. The number of aliphatic hydroxyl groups is 1. The summed E-state index contributed by atoms with van der Waals surface area (Å²) in [5.41, 5.74) is 0.633. The second kappa shape index (κ2) is 5.01. The molecule has 0 heterocycles. The van der Waals surface area contributed by atoms with Crippen molar-refractivity contribution in [2.75, 3.05) is 0 Å². The number of halogens is 1. The second-order valence-electron chi connectivity index (χ2n) is 5.49. The molecule has 1 rings (SSSR count). The smallest absolute Gasteiger partial charge is 0.309 e. The summed E-state index contributed by atoms with van der Waals surface area (Å²) in [5.74, 6) is 0. The lowest BCUT2D eigenvalue weighted by Crippen LogP contribution is -2.49. The van der Waals surface area contributed by atoms with E-state index >= 15 is 0 Å². The second-order valence-corrected chi connectivity index (χ2v) is 5.93. The Balaban J connectivity index is 2.74. The molecule has 0 spiro atoms. The zero-order chi connectivity index (χ0) is 13.3. The fraction of sp³-hybridized carbons (Fsp3) is 0.538. The summed E-state index contributed by atoms with van der Waals surface area (Å²) in [5, 5.41) is 10.7. The number of rotatable bonds is 4. The van der Waals surface area contributed by atoms with Crippen molar-refractivity contribution >= 4 is 24.5 Å². The van der Waals surface area contributed by atoms with E-state index in [4.69, 9.17) is 16.3 Å². The molecular formula is C13H20BClO2. The molecule has 0 atom stereocenters. The summed E-state index contributed by atoms with van der Waals surface area (Å²) >= 11 is 5.99. The number of benzene rings is 1. The highest BCUT2D eigenvalue weighted by molar-refractivity contribution is 6.48. The van der Waals surface area contributed by atoms with Crippen LogP contribution in [0.1, 0.15) is 33.3 Å². The third-order valence-corrected chi connectivity index (χ3v) is 3.39. The van der Waals surface area contributed by atoms with Crippen molar-refractivity contribution < 1.29 is 9.76 Å². The normalized spacial score (nSPS) is 12.6. The Kier molecular flexibility index (Phi) is 4.29. The third kappa shape index (κ3) is 4.02. The molecule has 0 aliphatic heterocycles. The molecular weight excluding hydrogens is 234 g/mol. The van der Waals surface area contributed by atoms with E-state index in [1.165, 1.54) is 0 Å². The first-order valence-corrected chi connectivity index (χ1v) is 6.12. The Morgan fingerprint density at radius 2 is 1.76 bits per heavy atom. The molecule has 2 nitrogen and oxygen atoms in total. The van der Waals surface area contributed by atoms with Crippen LogP contribution in [-0.4, -0.2) is 23.8 Å². The summed E-state index contributed by atoms with van der Waals surface area (Å²) in [6, 6.07) is 5.83. The van der Waals surface area contributed by atoms with E-state index < -0.39 is 11.2 Å². The van der Waals surface area contributed by atoms with Crippen molar-refractivity contribution in [2.45, 2.75) is 45.8 Å². The van der Waals surface area contributed by atoms with Gasteiger partial charge in [0.25, 0.3) is 0 Å². The van der Waals surface area contributed by atoms with Crippen LogP contribution in [0.15, 0.2) is 18.2 Å². The van der Waals surface area contributed by atoms with Crippen LogP contribution in [0.3, 0.4) is 0 Å². The van der Waals surface area contributed by atoms with Crippen molar-refractivity contribution in [1.82, 2.24) is 0 Å². The lowest BCUT2D eigenvalue weighted by molar-refractivity contribution is -0.0893. The van der Waals surface area contributed by atoms with Gasteiger partial charge in [-0.3, -0.25) is 0 Å². The molecule has 0 radical (unpaired) electrons. The van der Waals surface area contributed by atoms with Gasteiger partial charge < -0.3 is 9.76 Å². The largest absolute Gasteiger partial charge is 0.427 e. The summed E-state index contributed by atoms with van der Waals surface area (Å²) < 4.78 is 5.78. The number of hydrogen-bond donors (Lipinski definition) is 1. The first kappa shape index (κ1) is 14.6. The lowest BCUT2D eigenvalue weighted by Gasteiger charge is -2.37. The van der Waals surface area contributed by atoms with Gasteiger partial charge in [-0.2, -0.15) is 0 Å². The highest BCUT2D eigenvalue weighted by Gasteiger charge is 2.35. The molecule has 0 fully saturated rings. The minimum Gasteiger partial charge on any atom is -0.427 e. The highest BCUT2D eigenvalue weighted by atomic mass is 35.5. The molecule has 1 N–H and O–H groups in total. The van der Waals surface area contributed by atoms with Crippen LogP contribution in [0.2, 0.25) is 5.02 Å². The van der Waals surface area contributed by atoms with E-state index in [-0.39, 0.29) is 0 Å². The van der Waals surface area contributed by atoms with Crippen molar-refractivity contribution in [3.8, 4) is 0 Å². The molecule has 1 aromatic carbocycles. The molecule has 0 unspecified atom stereocenters. The molecule has 17 heavy (non-hydrogen) atoms. The van der Waals surface area contributed by atoms with E-state index in [1.807, 2.05) is 39.0 Å². The fourth-order valence-corrected chi connectivity index (χ4v) is 1.65. The van der Waals surface area contributed by atoms with E-state index in [0.29, 0.717) is 12.5 Å². The minimum atomic E-state index is -0.888. The summed E-state index contributed by atoms with van der Waals surface area (Å²) in [7, 11) is 0.443. The van der Waals surface area contributed by atoms with Crippen molar-refractivity contribution in [3.63, 3.8) is 0 Å². The third-order valence-electron chi connectivity index (χ3n) is 3.17. The minimum absolute atomic E-state index is 0.443. The van der Waals surface area contributed by atoms with Gasteiger partial charge in [0.1, 0.15) is 0 Å². The Morgan fingerprint density at radius 1 is 1.18 bits per heavy atom. The van der Waals surface area contributed by atoms with Gasteiger partial charge in [-0.25, -0.2) is 0 Å². The van der Waals surface area contributed by atoms with Crippen molar-refractivity contribution in [1.29, 1.82) is 0 Å². The van der Waals surface area contributed by atoms with Crippen LogP contribution in [0.4, 0.5) is 0 Å². The van der Waals surface area contributed by atoms with Gasteiger partial charge in [0.2, 0.25) is 0 Å². The first-order valence-electron chi connectivity index (χ1n) is 5.74. The molecule has 0 aromatic heterocycles. The maximum atomic E-state index is 9.98. The summed E-state index contributed by atoms with van der Waals surface area (Å²) in [6.07, 6.45) is 0. The van der Waals surface area contributed by atoms with E-state index in [2.05, 4.69) is 0 Å². The van der Waals surface area contributed by atoms with Crippen LogP contribution in [0.25, 0.3) is 0 Å². The van der Waals surface area contributed by atoms with Crippen molar-refractivity contribution in [2.24, 2.45) is 0 Å². The van der Waals surface area contributed by atoms with E-state index in [0.717, 1.165) is 11.0 Å². The molecule has 0 aliphatic rings. The Morgan fingerprint density at radius 3 is 2.24 bits per heavy atom. The Labute approximate surface area is 109 Å². The van der Waals surface area contributed by atoms with E-state index in [9.17, 15) is 5.11 Å². The molecule has 0 saturated heterocycles. The van der Waals surface area contributed by atoms with Crippen LogP contribution in [0.5, 0.6) is 0 Å². The average Bonchev–Trinajstić information content (AvgIpc) is 2.11. The average molecular weight is 255 g/mol. The highest BCUT2D eigenvalue weighted by Crippen LogP contribution is 2.24. The lowest BCUT2D eigenvalue weighted by atomic mass is 9.82. The molecule has 4 heteroatoms. The van der Waals surface area contributed by atoms with E-state index in [1.54, 1.807) is 13.8 Å². The van der Waals surface area contributed by atoms with Gasteiger partial charge >= 0.3 is 7.48 Å². The van der Waals surface area contributed by atoms with Crippen LogP contribution < -0.4 is 5.46 Å². The molecule has 0 amide bonds. The van der Waals surface area contributed by atoms with Gasteiger partial charge in [-0.1, -0.05) is 28.7 Å². The Hall–Kier alpha value is -0.505. The summed E-state index contributed by atoms with van der Waals surface area (Å²) in [4.78, 5) is 0. The van der Waals surface area contributed by atoms with Crippen molar-refractivity contribution in [3.05, 3.63) is 28.8 Å². The quantitative estimate of drug-likeness (QED) is 0.835. The van der Waals surface area contributed by atoms with Gasteiger partial charge in [-0.05, 0) is 46.8 Å². The fourth-order valence-electron chi connectivity index (χ4n) is 1.34. The molecule has 0 saturated carbocycles. The monoisotopic (exact) mass is 254 g/mol. The standard InChI is InChI=1S/C13H20BClO2/c1-9-6-10(8-11(15)7-9)14-17-13(4,5)12(2,3)16/h6-8,14,16H,1-5H3. The SMILES string of the molecule is Cc1cc(Cl)cc(BOC(C)(C)C(C)(C)O)c1. The van der Waals surface area contributed by atoms with Gasteiger partial charge in [0.15, 0.2) is 0 Å². The topological polar surface area (TPSA) is 29.5 Å². The van der Waals surface area contributed by atoms with Gasteiger partial charge in [-0.15, -0.1) is 0 Å². The zero-order valence-corrected chi connectivity index (χ0v) is 11.9.